The first kappa shape index (κ1) is 23.2. The Labute approximate surface area is 195 Å². The van der Waals surface area contributed by atoms with Crippen LogP contribution in [0.1, 0.15) is 52.1 Å². The molecule has 0 aliphatic carbocycles. The number of benzene rings is 2. The number of sulfonamides is 1. The molecule has 33 heavy (non-hydrogen) atoms. The third kappa shape index (κ3) is 4.86. The molecule has 3 aromatic rings. The van der Waals surface area contributed by atoms with Gasteiger partial charge in [-0.3, -0.25) is 9.48 Å². The van der Waals surface area contributed by atoms with Gasteiger partial charge >= 0.3 is 0 Å². The first-order chi connectivity index (χ1) is 15.8. The highest BCUT2D eigenvalue weighted by atomic mass is 32.2. The molecule has 1 amide bonds. The molecule has 0 atom stereocenters. The fourth-order valence-corrected chi connectivity index (χ4v) is 6.17. The van der Waals surface area contributed by atoms with Crippen LogP contribution < -0.4 is 5.32 Å². The van der Waals surface area contributed by atoms with Crippen LogP contribution in [0.25, 0.3) is 0 Å². The molecule has 1 aliphatic rings. The maximum Gasteiger partial charge on any atom is 0.255 e. The second-order valence-corrected chi connectivity index (χ2v) is 10.5. The van der Waals surface area contributed by atoms with Crippen molar-refractivity contribution in [3.63, 3.8) is 0 Å². The Kier molecular flexibility index (Phi) is 6.67. The number of para-hydroxylation sites is 1. The summed E-state index contributed by atoms with van der Waals surface area (Å²) in [5, 5.41) is 7.46. The van der Waals surface area contributed by atoms with E-state index in [1.54, 1.807) is 35.0 Å². The molecule has 174 valence electrons. The van der Waals surface area contributed by atoms with Crippen LogP contribution in [0, 0.1) is 20.8 Å². The van der Waals surface area contributed by atoms with Gasteiger partial charge in [0.25, 0.3) is 5.91 Å². The van der Waals surface area contributed by atoms with Crippen molar-refractivity contribution < 1.29 is 13.2 Å². The van der Waals surface area contributed by atoms with E-state index in [-0.39, 0.29) is 5.91 Å². The summed E-state index contributed by atoms with van der Waals surface area (Å²) in [4.78, 5) is 12.9. The van der Waals surface area contributed by atoms with Gasteiger partial charge in [0.1, 0.15) is 4.90 Å². The van der Waals surface area contributed by atoms with Crippen molar-refractivity contribution in [2.75, 3.05) is 18.4 Å². The van der Waals surface area contributed by atoms with E-state index in [2.05, 4.69) is 10.4 Å². The zero-order valence-electron chi connectivity index (χ0n) is 19.3. The molecule has 8 heteroatoms. The van der Waals surface area contributed by atoms with E-state index in [0.29, 0.717) is 41.5 Å². The Morgan fingerprint density at radius 2 is 1.64 bits per heavy atom. The van der Waals surface area contributed by atoms with Crippen molar-refractivity contribution in [1.82, 2.24) is 14.1 Å². The Morgan fingerprint density at radius 3 is 2.30 bits per heavy atom. The van der Waals surface area contributed by atoms with E-state index >= 15 is 0 Å². The van der Waals surface area contributed by atoms with Gasteiger partial charge in [-0.2, -0.15) is 9.40 Å². The minimum atomic E-state index is -3.55. The largest absolute Gasteiger partial charge is 0.322 e. The lowest BCUT2D eigenvalue weighted by molar-refractivity contribution is 0.102. The number of nitrogens with zero attached hydrogens (tertiary/aromatic N) is 3. The predicted molar refractivity (Wildman–Crippen MR) is 129 cm³/mol. The van der Waals surface area contributed by atoms with Gasteiger partial charge in [-0.15, -0.1) is 0 Å². The second kappa shape index (κ2) is 9.49. The Balaban J connectivity index is 1.50. The molecule has 2 heterocycles. The molecule has 0 spiro atoms. The molecule has 1 fully saturated rings. The first-order valence-corrected chi connectivity index (χ1v) is 12.7. The molecule has 0 bridgehead atoms. The smallest absolute Gasteiger partial charge is 0.255 e. The van der Waals surface area contributed by atoms with Gasteiger partial charge in [0.05, 0.1) is 17.9 Å². The number of hydrogen-bond acceptors (Lipinski definition) is 4. The number of rotatable bonds is 6. The first-order valence-electron chi connectivity index (χ1n) is 11.3. The molecule has 7 nitrogen and oxygen atoms in total. The Hall–Kier alpha value is -2.97. The summed E-state index contributed by atoms with van der Waals surface area (Å²) in [5.74, 6) is -0.170. The van der Waals surface area contributed by atoms with E-state index in [1.807, 2.05) is 43.3 Å². The number of carbonyl (C=O) groups excluding carboxylic acids is 1. The van der Waals surface area contributed by atoms with Gasteiger partial charge in [0.15, 0.2) is 0 Å². The van der Waals surface area contributed by atoms with Gasteiger partial charge in [0.2, 0.25) is 10.0 Å². The maximum absolute atomic E-state index is 13.2. The van der Waals surface area contributed by atoms with Crippen LogP contribution in [-0.2, 0) is 16.6 Å². The van der Waals surface area contributed by atoms with E-state index in [4.69, 9.17) is 0 Å². The van der Waals surface area contributed by atoms with Gasteiger partial charge in [-0.05, 0) is 62.9 Å². The van der Waals surface area contributed by atoms with E-state index < -0.39 is 10.0 Å². The molecular formula is C25H30N4O3S. The molecule has 2 aromatic carbocycles. The van der Waals surface area contributed by atoms with Crippen LogP contribution in [0.15, 0.2) is 53.4 Å². The van der Waals surface area contributed by atoms with Crippen LogP contribution in [0.2, 0.25) is 0 Å². The quantitative estimate of drug-likeness (QED) is 0.588. The second-order valence-electron chi connectivity index (χ2n) is 8.59. The molecule has 1 aliphatic heterocycles. The Morgan fingerprint density at radius 1 is 0.970 bits per heavy atom. The third-order valence-corrected chi connectivity index (χ3v) is 8.32. The lowest BCUT2D eigenvalue weighted by Gasteiger charge is -2.26. The fourth-order valence-electron chi connectivity index (χ4n) is 4.28. The number of anilines is 1. The van der Waals surface area contributed by atoms with Crippen molar-refractivity contribution >= 4 is 21.6 Å². The molecule has 4 rings (SSSR count). The molecule has 0 unspecified atom stereocenters. The van der Waals surface area contributed by atoms with Gasteiger partial charge in [-0.1, -0.05) is 36.8 Å². The highest BCUT2D eigenvalue weighted by molar-refractivity contribution is 7.89. The minimum Gasteiger partial charge on any atom is -0.322 e. The SMILES string of the molecule is Cc1ccccc1NC(=O)c1ccc(Cn2nc(C)c(S(=O)(=O)N3CCCCC3)c2C)cc1. The Bertz CT molecular complexity index is 1260. The molecule has 0 radical (unpaired) electrons. The molecule has 1 N–H and O–H groups in total. The summed E-state index contributed by atoms with van der Waals surface area (Å²) in [7, 11) is -3.55. The zero-order valence-corrected chi connectivity index (χ0v) is 20.2. The maximum atomic E-state index is 13.2. The van der Waals surface area contributed by atoms with Crippen LogP contribution in [0.4, 0.5) is 5.69 Å². The van der Waals surface area contributed by atoms with Gasteiger partial charge < -0.3 is 5.32 Å². The lowest BCUT2D eigenvalue weighted by Crippen LogP contribution is -2.36. The van der Waals surface area contributed by atoms with E-state index in [9.17, 15) is 13.2 Å². The number of aryl methyl sites for hydroxylation is 2. The van der Waals surface area contributed by atoms with Crippen LogP contribution in [0.5, 0.6) is 0 Å². The normalized spacial score (nSPS) is 14.9. The zero-order chi connectivity index (χ0) is 23.6. The third-order valence-electron chi connectivity index (χ3n) is 6.17. The average Bonchev–Trinajstić information content (AvgIpc) is 3.09. The number of aromatic nitrogens is 2. The van der Waals surface area contributed by atoms with Crippen molar-refractivity contribution in [2.45, 2.75) is 51.5 Å². The average molecular weight is 467 g/mol. The van der Waals surface area contributed by atoms with Crippen molar-refractivity contribution in [3.8, 4) is 0 Å². The number of carbonyl (C=O) groups is 1. The number of piperidine rings is 1. The number of nitrogens with one attached hydrogen (secondary N) is 1. The van der Waals surface area contributed by atoms with E-state index in [0.717, 1.165) is 36.1 Å². The topological polar surface area (TPSA) is 84.3 Å². The highest BCUT2D eigenvalue weighted by Gasteiger charge is 2.31. The van der Waals surface area contributed by atoms with Crippen molar-refractivity contribution in [3.05, 3.63) is 76.6 Å². The summed E-state index contributed by atoms with van der Waals surface area (Å²) in [5.41, 5.74) is 4.45. The minimum absolute atomic E-state index is 0.170. The highest BCUT2D eigenvalue weighted by Crippen LogP contribution is 2.26. The summed E-state index contributed by atoms with van der Waals surface area (Å²) in [6.07, 6.45) is 2.87. The molecule has 0 saturated carbocycles. The molecule has 1 saturated heterocycles. The summed E-state index contributed by atoms with van der Waals surface area (Å²) in [6.45, 7) is 7.08. The van der Waals surface area contributed by atoms with E-state index in [1.165, 1.54) is 0 Å². The standard InChI is InChI=1S/C25H30N4O3S/c1-18-9-5-6-10-23(18)26-25(30)22-13-11-21(12-14-22)17-29-20(3)24(19(2)27-29)33(31,32)28-15-7-4-8-16-28/h5-6,9-14H,4,7-8,15-17H2,1-3H3,(H,26,30). The van der Waals surface area contributed by atoms with Crippen LogP contribution in [0.3, 0.4) is 0 Å². The van der Waals surface area contributed by atoms with Crippen molar-refractivity contribution in [2.24, 2.45) is 0 Å². The van der Waals surface area contributed by atoms with Gasteiger partial charge in [0, 0.05) is 24.3 Å². The summed E-state index contributed by atoms with van der Waals surface area (Å²) in [6, 6.07) is 15.0. The molecular weight excluding hydrogens is 436 g/mol. The molecule has 1 aromatic heterocycles. The monoisotopic (exact) mass is 466 g/mol. The predicted octanol–water partition coefficient (Wildman–Crippen LogP) is 4.28. The summed E-state index contributed by atoms with van der Waals surface area (Å²) < 4.78 is 29.7. The van der Waals surface area contributed by atoms with Crippen LogP contribution >= 0.6 is 0 Å². The van der Waals surface area contributed by atoms with Crippen LogP contribution in [-0.4, -0.2) is 41.5 Å². The van der Waals surface area contributed by atoms with Crippen molar-refractivity contribution in [1.29, 1.82) is 0 Å². The fraction of sp³-hybridized carbons (Fsp3) is 0.360. The van der Waals surface area contributed by atoms with Gasteiger partial charge in [-0.25, -0.2) is 8.42 Å². The number of hydrogen-bond donors (Lipinski definition) is 1. The number of amides is 1. The lowest BCUT2D eigenvalue weighted by atomic mass is 10.1. The summed E-state index contributed by atoms with van der Waals surface area (Å²) >= 11 is 0.